The van der Waals surface area contributed by atoms with Gasteiger partial charge in [-0.2, -0.15) is 0 Å². The Hall–Kier alpha value is -2.20. The number of rotatable bonds is 7. The lowest BCUT2D eigenvalue weighted by Gasteiger charge is -2.18. The number of anilines is 1. The van der Waals surface area contributed by atoms with Crippen molar-refractivity contribution in [3.8, 4) is 11.5 Å². The van der Waals surface area contributed by atoms with Crippen molar-refractivity contribution in [3.05, 3.63) is 53.1 Å². The van der Waals surface area contributed by atoms with E-state index in [9.17, 15) is 4.79 Å². The Morgan fingerprint density at radius 1 is 1.12 bits per heavy atom. The van der Waals surface area contributed by atoms with Crippen molar-refractivity contribution < 1.29 is 14.3 Å². The second-order valence-corrected chi connectivity index (χ2v) is 5.84. The van der Waals surface area contributed by atoms with Gasteiger partial charge in [0, 0.05) is 12.1 Å². The monoisotopic (exact) mass is 347 g/mol. The first-order chi connectivity index (χ1) is 11.6. The van der Waals surface area contributed by atoms with E-state index >= 15 is 0 Å². The van der Waals surface area contributed by atoms with Gasteiger partial charge in [0.1, 0.15) is 11.5 Å². The van der Waals surface area contributed by atoms with Crippen LogP contribution in [0.2, 0.25) is 5.02 Å². The fraction of sp³-hybridized carbons (Fsp3) is 0.316. The lowest BCUT2D eigenvalue weighted by Crippen LogP contribution is -2.21. The number of hydrogen-bond acceptors (Lipinski definition) is 3. The number of carbonyl (C=O) groups excluding carboxylic acids is 1. The van der Waals surface area contributed by atoms with Crippen molar-refractivity contribution in [2.75, 3.05) is 19.5 Å². The molecule has 0 radical (unpaired) electrons. The number of amides is 1. The Kier molecular flexibility index (Phi) is 6.50. The van der Waals surface area contributed by atoms with Crippen LogP contribution in [0.25, 0.3) is 0 Å². The smallest absolute Gasteiger partial charge is 0.232 e. The van der Waals surface area contributed by atoms with Crippen molar-refractivity contribution in [2.24, 2.45) is 0 Å². The number of halogens is 1. The summed E-state index contributed by atoms with van der Waals surface area (Å²) in [5.74, 6) is 0.685. The molecule has 0 saturated carbocycles. The van der Waals surface area contributed by atoms with E-state index in [1.807, 2.05) is 30.3 Å². The first kappa shape index (κ1) is 18.1. The van der Waals surface area contributed by atoms with Crippen LogP contribution in [0.5, 0.6) is 11.5 Å². The molecular formula is C19H22ClNO3. The fourth-order valence-electron chi connectivity index (χ4n) is 2.60. The third-order valence-electron chi connectivity index (χ3n) is 3.83. The molecular weight excluding hydrogens is 326 g/mol. The van der Waals surface area contributed by atoms with Crippen LogP contribution in [0.4, 0.5) is 5.69 Å². The van der Waals surface area contributed by atoms with Gasteiger partial charge < -0.3 is 14.8 Å². The minimum Gasteiger partial charge on any atom is -0.495 e. The van der Waals surface area contributed by atoms with Crippen LogP contribution >= 0.6 is 11.6 Å². The molecule has 0 aromatic heterocycles. The number of ether oxygens (including phenoxy) is 2. The van der Waals surface area contributed by atoms with E-state index in [2.05, 4.69) is 12.2 Å². The number of benzene rings is 2. The molecule has 0 spiro atoms. The maximum absolute atomic E-state index is 12.8. The third-order valence-corrected chi connectivity index (χ3v) is 4.12. The highest BCUT2D eigenvalue weighted by Crippen LogP contribution is 2.36. The number of carbonyl (C=O) groups is 1. The van der Waals surface area contributed by atoms with Gasteiger partial charge in [0.2, 0.25) is 5.91 Å². The average molecular weight is 348 g/mol. The number of hydrogen-bond donors (Lipinski definition) is 1. The van der Waals surface area contributed by atoms with Crippen LogP contribution in [0.3, 0.4) is 0 Å². The normalized spacial score (nSPS) is 11.7. The molecule has 128 valence electrons. The zero-order valence-electron chi connectivity index (χ0n) is 14.1. The highest BCUT2D eigenvalue weighted by Gasteiger charge is 2.21. The highest BCUT2D eigenvalue weighted by atomic mass is 35.5. The summed E-state index contributed by atoms with van der Waals surface area (Å²) in [5, 5.41) is 3.38. The molecule has 0 aliphatic carbocycles. The topological polar surface area (TPSA) is 47.6 Å². The first-order valence-corrected chi connectivity index (χ1v) is 8.25. The Balaban J connectivity index is 2.29. The van der Waals surface area contributed by atoms with Gasteiger partial charge in [-0.1, -0.05) is 55.3 Å². The van der Waals surface area contributed by atoms with E-state index in [0.717, 1.165) is 18.4 Å². The summed E-state index contributed by atoms with van der Waals surface area (Å²) in [7, 11) is 3.07. The molecule has 5 heteroatoms. The van der Waals surface area contributed by atoms with E-state index in [1.54, 1.807) is 12.1 Å². The first-order valence-electron chi connectivity index (χ1n) is 7.88. The summed E-state index contributed by atoms with van der Waals surface area (Å²) in [6, 6.07) is 13.1. The molecule has 4 nitrogen and oxygen atoms in total. The van der Waals surface area contributed by atoms with Crippen molar-refractivity contribution in [3.63, 3.8) is 0 Å². The predicted molar refractivity (Wildman–Crippen MR) is 97.3 cm³/mol. The van der Waals surface area contributed by atoms with E-state index in [0.29, 0.717) is 22.2 Å². The summed E-state index contributed by atoms with van der Waals surface area (Å²) in [4.78, 5) is 12.8. The van der Waals surface area contributed by atoms with Gasteiger partial charge in [-0.3, -0.25) is 4.79 Å². The Bertz CT molecular complexity index is 689. The van der Waals surface area contributed by atoms with Crippen molar-refractivity contribution in [1.29, 1.82) is 0 Å². The van der Waals surface area contributed by atoms with Crippen LogP contribution in [0.1, 0.15) is 31.2 Å². The molecule has 24 heavy (non-hydrogen) atoms. The molecule has 0 bridgehead atoms. The molecule has 2 aromatic carbocycles. The quantitative estimate of drug-likeness (QED) is 0.776. The molecule has 0 aliphatic heterocycles. The van der Waals surface area contributed by atoms with Crippen LogP contribution < -0.4 is 14.8 Å². The number of nitrogens with one attached hydrogen (secondary N) is 1. The van der Waals surface area contributed by atoms with E-state index in [1.165, 1.54) is 14.2 Å². The van der Waals surface area contributed by atoms with Crippen LogP contribution in [0, 0.1) is 0 Å². The molecule has 1 unspecified atom stereocenters. The maximum Gasteiger partial charge on any atom is 0.232 e. The Morgan fingerprint density at radius 3 is 2.38 bits per heavy atom. The fourth-order valence-corrected chi connectivity index (χ4v) is 2.83. The lowest BCUT2D eigenvalue weighted by atomic mass is 9.93. The zero-order valence-corrected chi connectivity index (χ0v) is 14.9. The second kappa shape index (κ2) is 8.60. The van der Waals surface area contributed by atoms with E-state index < -0.39 is 0 Å². The predicted octanol–water partition coefficient (Wildman–Crippen LogP) is 4.88. The van der Waals surface area contributed by atoms with Crippen molar-refractivity contribution in [1.82, 2.24) is 0 Å². The molecule has 0 saturated heterocycles. The summed E-state index contributed by atoms with van der Waals surface area (Å²) in [6.07, 6.45) is 1.68. The Morgan fingerprint density at radius 2 is 1.79 bits per heavy atom. The van der Waals surface area contributed by atoms with Crippen molar-refractivity contribution in [2.45, 2.75) is 25.7 Å². The minimum absolute atomic E-state index is 0.0780. The molecule has 1 amide bonds. The molecule has 0 aliphatic rings. The lowest BCUT2D eigenvalue weighted by molar-refractivity contribution is -0.117. The van der Waals surface area contributed by atoms with Gasteiger partial charge in [0.15, 0.2) is 0 Å². The van der Waals surface area contributed by atoms with E-state index in [4.69, 9.17) is 21.1 Å². The molecule has 2 rings (SSSR count). The average Bonchev–Trinajstić information content (AvgIpc) is 2.61. The summed E-state index contributed by atoms with van der Waals surface area (Å²) in [5.41, 5.74) is 1.54. The molecule has 2 aromatic rings. The van der Waals surface area contributed by atoms with Gasteiger partial charge in [-0.25, -0.2) is 0 Å². The van der Waals surface area contributed by atoms with Gasteiger partial charge in [-0.05, 0) is 12.0 Å². The maximum atomic E-state index is 12.8. The third kappa shape index (κ3) is 4.20. The van der Waals surface area contributed by atoms with E-state index in [-0.39, 0.29) is 11.8 Å². The molecule has 0 fully saturated rings. The second-order valence-electron chi connectivity index (χ2n) is 5.43. The molecule has 1 atom stereocenters. The van der Waals surface area contributed by atoms with Gasteiger partial charge in [-0.15, -0.1) is 0 Å². The Labute approximate surface area is 147 Å². The standard InChI is InChI=1S/C19H22ClNO3/c1-4-8-14(13-9-6-5-7-10-13)19(22)21-16-12-17(23-2)15(20)11-18(16)24-3/h5-7,9-12,14H,4,8H2,1-3H3,(H,21,22). The number of methoxy groups -OCH3 is 2. The summed E-state index contributed by atoms with van der Waals surface area (Å²) >= 11 is 6.11. The van der Waals surface area contributed by atoms with Crippen molar-refractivity contribution >= 4 is 23.2 Å². The molecule has 0 heterocycles. The largest absolute Gasteiger partial charge is 0.495 e. The van der Waals surface area contributed by atoms with Gasteiger partial charge >= 0.3 is 0 Å². The van der Waals surface area contributed by atoms with Gasteiger partial charge in [0.05, 0.1) is 30.8 Å². The van der Waals surface area contributed by atoms with Gasteiger partial charge in [0.25, 0.3) is 0 Å². The summed E-state index contributed by atoms with van der Waals surface area (Å²) in [6.45, 7) is 2.06. The van der Waals surface area contributed by atoms with Crippen LogP contribution in [-0.2, 0) is 4.79 Å². The SMILES string of the molecule is CCCC(C(=O)Nc1cc(OC)c(Cl)cc1OC)c1ccccc1. The zero-order chi connectivity index (χ0) is 17.5. The highest BCUT2D eigenvalue weighted by molar-refractivity contribution is 6.32. The minimum atomic E-state index is -0.220. The molecule has 1 N–H and O–H groups in total. The van der Waals surface area contributed by atoms with Crippen LogP contribution in [0.15, 0.2) is 42.5 Å². The summed E-state index contributed by atoms with van der Waals surface area (Å²) < 4.78 is 10.5. The van der Waals surface area contributed by atoms with Crippen LogP contribution in [-0.4, -0.2) is 20.1 Å².